The SMILES string of the molecule is Nc1ccc(COc2cc(Cl)cc(Cl)c2)cn1. The summed E-state index contributed by atoms with van der Waals surface area (Å²) in [5.41, 5.74) is 6.41. The predicted molar refractivity (Wildman–Crippen MR) is 69.4 cm³/mol. The number of pyridine rings is 1. The highest BCUT2D eigenvalue weighted by atomic mass is 35.5. The molecule has 0 spiro atoms. The second-order valence-electron chi connectivity index (χ2n) is 3.49. The lowest BCUT2D eigenvalue weighted by molar-refractivity contribution is 0.306. The van der Waals surface area contributed by atoms with E-state index in [4.69, 9.17) is 33.7 Å². The van der Waals surface area contributed by atoms with Gasteiger partial charge in [-0.25, -0.2) is 4.98 Å². The Balaban J connectivity index is 2.04. The number of nitrogens with two attached hydrogens (primary N) is 1. The summed E-state index contributed by atoms with van der Waals surface area (Å²) in [5, 5.41) is 1.09. The largest absolute Gasteiger partial charge is 0.489 e. The van der Waals surface area contributed by atoms with Crippen LogP contribution in [0, 0.1) is 0 Å². The zero-order valence-corrected chi connectivity index (χ0v) is 10.4. The molecule has 88 valence electrons. The molecule has 0 saturated heterocycles. The molecule has 3 nitrogen and oxygen atoms in total. The van der Waals surface area contributed by atoms with Crippen LogP contribution in [-0.2, 0) is 6.61 Å². The minimum atomic E-state index is 0.393. The van der Waals surface area contributed by atoms with Crippen LogP contribution in [0.15, 0.2) is 36.5 Å². The number of ether oxygens (including phenoxy) is 1. The number of hydrogen-bond donors (Lipinski definition) is 1. The summed E-state index contributed by atoms with van der Waals surface area (Å²) in [6.07, 6.45) is 1.67. The van der Waals surface area contributed by atoms with E-state index < -0.39 is 0 Å². The number of rotatable bonds is 3. The number of hydrogen-bond acceptors (Lipinski definition) is 3. The number of halogens is 2. The third-order valence-electron chi connectivity index (χ3n) is 2.09. The van der Waals surface area contributed by atoms with Gasteiger partial charge < -0.3 is 10.5 Å². The first-order valence-corrected chi connectivity index (χ1v) is 5.68. The van der Waals surface area contributed by atoms with Crippen molar-refractivity contribution in [2.75, 3.05) is 5.73 Å². The van der Waals surface area contributed by atoms with Crippen LogP contribution in [0.25, 0.3) is 0 Å². The lowest BCUT2D eigenvalue weighted by atomic mass is 10.3. The van der Waals surface area contributed by atoms with Gasteiger partial charge in [0.15, 0.2) is 0 Å². The van der Waals surface area contributed by atoms with Gasteiger partial charge >= 0.3 is 0 Å². The van der Waals surface area contributed by atoms with Crippen LogP contribution in [-0.4, -0.2) is 4.98 Å². The highest BCUT2D eigenvalue weighted by Crippen LogP contribution is 2.24. The molecule has 2 rings (SSSR count). The Morgan fingerprint density at radius 1 is 1.12 bits per heavy atom. The van der Waals surface area contributed by atoms with Crippen LogP contribution in [0.4, 0.5) is 5.82 Å². The molecule has 1 aromatic carbocycles. The quantitative estimate of drug-likeness (QED) is 0.926. The number of nitrogens with zero attached hydrogens (tertiary/aromatic N) is 1. The molecule has 1 heterocycles. The maximum atomic E-state index is 5.86. The molecule has 0 atom stereocenters. The van der Waals surface area contributed by atoms with Crippen molar-refractivity contribution < 1.29 is 4.74 Å². The first kappa shape index (κ1) is 12.0. The van der Waals surface area contributed by atoms with Gasteiger partial charge in [-0.2, -0.15) is 0 Å². The maximum Gasteiger partial charge on any atom is 0.123 e. The highest BCUT2D eigenvalue weighted by molar-refractivity contribution is 6.34. The van der Waals surface area contributed by atoms with E-state index in [2.05, 4.69) is 4.98 Å². The van der Waals surface area contributed by atoms with E-state index in [0.717, 1.165) is 5.56 Å². The van der Waals surface area contributed by atoms with Crippen LogP contribution in [0.1, 0.15) is 5.56 Å². The van der Waals surface area contributed by atoms with Gasteiger partial charge in [-0.05, 0) is 24.3 Å². The molecular formula is C12H10Cl2N2O. The van der Waals surface area contributed by atoms with Gasteiger partial charge in [0.2, 0.25) is 0 Å². The van der Waals surface area contributed by atoms with Crippen LogP contribution in [0.3, 0.4) is 0 Å². The van der Waals surface area contributed by atoms with E-state index in [1.807, 2.05) is 6.07 Å². The second-order valence-corrected chi connectivity index (χ2v) is 4.36. The maximum absolute atomic E-state index is 5.86. The Hall–Kier alpha value is -1.45. The average molecular weight is 269 g/mol. The zero-order valence-electron chi connectivity index (χ0n) is 8.86. The molecule has 0 unspecified atom stereocenters. The molecule has 17 heavy (non-hydrogen) atoms. The van der Waals surface area contributed by atoms with Gasteiger partial charge in [0, 0.05) is 21.8 Å². The van der Waals surface area contributed by atoms with E-state index in [1.165, 1.54) is 0 Å². The number of aromatic nitrogens is 1. The Kier molecular flexibility index (Phi) is 3.71. The van der Waals surface area contributed by atoms with Crippen LogP contribution in [0.2, 0.25) is 10.0 Å². The summed E-state index contributed by atoms with van der Waals surface area (Å²) in [7, 11) is 0. The standard InChI is InChI=1S/C12H10Cl2N2O/c13-9-3-10(14)5-11(4-9)17-7-8-1-2-12(15)16-6-8/h1-6H,7H2,(H2,15,16). The van der Waals surface area contributed by atoms with Gasteiger partial charge in [0.1, 0.15) is 18.2 Å². The topological polar surface area (TPSA) is 48.1 Å². The summed E-state index contributed by atoms with van der Waals surface area (Å²) >= 11 is 11.7. The lowest BCUT2D eigenvalue weighted by Crippen LogP contribution is -1.97. The molecule has 5 heteroatoms. The molecule has 0 aliphatic heterocycles. The smallest absolute Gasteiger partial charge is 0.123 e. The molecule has 0 radical (unpaired) electrons. The lowest BCUT2D eigenvalue weighted by Gasteiger charge is -2.07. The van der Waals surface area contributed by atoms with Crippen molar-refractivity contribution >= 4 is 29.0 Å². The van der Waals surface area contributed by atoms with Crippen molar-refractivity contribution in [1.82, 2.24) is 4.98 Å². The van der Waals surface area contributed by atoms with Crippen LogP contribution in [0.5, 0.6) is 5.75 Å². The van der Waals surface area contributed by atoms with Crippen molar-refractivity contribution in [2.45, 2.75) is 6.61 Å². The van der Waals surface area contributed by atoms with Crippen LogP contribution >= 0.6 is 23.2 Å². The highest BCUT2D eigenvalue weighted by Gasteiger charge is 2.00. The molecular weight excluding hydrogens is 259 g/mol. The molecule has 0 aliphatic rings. The molecule has 2 N–H and O–H groups in total. The van der Waals surface area contributed by atoms with E-state index in [0.29, 0.717) is 28.2 Å². The summed E-state index contributed by atoms with van der Waals surface area (Å²) < 4.78 is 5.54. The summed E-state index contributed by atoms with van der Waals surface area (Å²) in [4.78, 5) is 3.97. The van der Waals surface area contributed by atoms with Crippen molar-refractivity contribution in [2.24, 2.45) is 0 Å². The molecule has 0 amide bonds. The van der Waals surface area contributed by atoms with Gasteiger partial charge in [-0.3, -0.25) is 0 Å². The Labute approximate surface area is 109 Å². The normalized spacial score (nSPS) is 10.2. The summed E-state index contributed by atoms with van der Waals surface area (Å²) in [6.45, 7) is 0.393. The first-order chi connectivity index (χ1) is 8.13. The fraction of sp³-hybridized carbons (Fsp3) is 0.0833. The van der Waals surface area contributed by atoms with Crippen LogP contribution < -0.4 is 10.5 Å². The number of nitrogen functional groups attached to an aromatic ring is 1. The fourth-order valence-corrected chi connectivity index (χ4v) is 1.81. The van der Waals surface area contributed by atoms with Gasteiger partial charge in [-0.15, -0.1) is 0 Å². The fourth-order valence-electron chi connectivity index (χ4n) is 1.30. The van der Waals surface area contributed by atoms with Gasteiger partial charge in [0.05, 0.1) is 0 Å². The number of anilines is 1. The minimum absolute atomic E-state index is 0.393. The third-order valence-corrected chi connectivity index (χ3v) is 2.53. The van der Waals surface area contributed by atoms with E-state index in [-0.39, 0.29) is 0 Å². The predicted octanol–water partition coefficient (Wildman–Crippen LogP) is 3.55. The molecule has 0 fully saturated rings. The summed E-state index contributed by atoms with van der Waals surface area (Å²) in [5.74, 6) is 1.11. The minimum Gasteiger partial charge on any atom is -0.489 e. The molecule has 2 aromatic rings. The first-order valence-electron chi connectivity index (χ1n) is 4.93. The third kappa shape index (κ3) is 3.51. The molecule has 0 bridgehead atoms. The van der Waals surface area contributed by atoms with Crippen molar-refractivity contribution in [3.63, 3.8) is 0 Å². The Bertz CT molecular complexity index is 494. The Morgan fingerprint density at radius 3 is 2.41 bits per heavy atom. The van der Waals surface area contributed by atoms with Crippen molar-refractivity contribution in [3.05, 3.63) is 52.1 Å². The van der Waals surface area contributed by atoms with E-state index in [1.54, 1.807) is 30.5 Å². The monoisotopic (exact) mass is 268 g/mol. The van der Waals surface area contributed by atoms with E-state index in [9.17, 15) is 0 Å². The van der Waals surface area contributed by atoms with Gasteiger partial charge in [-0.1, -0.05) is 29.3 Å². The molecule has 0 saturated carbocycles. The number of benzene rings is 1. The van der Waals surface area contributed by atoms with Crippen molar-refractivity contribution in [3.8, 4) is 5.75 Å². The molecule has 0 aliphatic carbocycles. The van der Waals surface area contributed by atoms with E-state index >= 15 is 0 Å². The second kappa shape index (κ2) is 5.25. The average Bonchev–Trinajstić information content (AvgIpc) is 2.27. The zero-order chi connectivity index (χ0) is 12.3. The van der Waals surface area contributed by atoms with Crippen molar-refractivity contribution in [1.29, 1.82) is 0 Å². The summed E-state index contributed by atoms with van der Waals surface area (Å²) in [6, 6.07) is 8.65. The van der Waals surface area contributed by atoms with Gasteiger partial charge in [0.25, 0.3) is 0 Å². The Morgan fingerprint density at radius 2 is 1.82 bits per heavy atom. The molecule has 1 aromatic heterocycles.